The van der Waals surface area contributed by atoms with Gasteiger partial charge in [0, 0.05) is 28.9 Å². The van der Waals surface area contributed by atoms with Gasteiger partial charge in [0.05, 0.1) is 0 Å². The summed E-state index contributed by atoms with van der Waals surface area (Å²) in [5, 5.41) is 4.48. The zero-order valence-corrected chi connectivity index (χ0v) is 10.9. The molecule has 0 spiro atoms. The summed E-state index contributed by atoms with van der Waals surface area (Å²) < 4.78 is 0. The number of hydrogen-bond acceptors (Lipinski definition) is 3. The summed E-state index contributed by atoms with van der Waals surface area (Å²) in [4.78, 5) is 4.21. The van der Waals surface area contributed by atoms with Crippen molar-refractivity contribution in [2.45, 2.75) is 44.4 Å². The van der Waals surface area contributed by atoms with Crippen molar-refractivity contribution in [2.24, 2.45) is 0 Å². The van der Waals surface area contributed by atoms with E-state index in [2.05, 4.69) is 41.1 Å². The highest BCUT2D eigenvalue weighted by atomic mass is 32.2. The van der Waals surface area contributed by atoms with Crippen LogP contribution in [0, 0.1) is 6.92 Å². The number of thioether (sulfide) groups is 1. The molecule has 1 aliphatic rings. The van der Waals surface area contributed by atoms with E-state index in [1.165, 1.54) is 30.7 Å². The van der Waals surface area contributed by atoms with Gasteiger partial charge < -0.3 is 5.32 Å². The van der Waals surface area contributed by atoms with E-state index in [1.54, 1.807) is 0 Å². The van der Waals surface area contributed by atoms with Crippen LogP contribution in [0.3, 0.4) is 0 Å². The first kappa shape index (κ1) is 11.8. The molecule has 0 bridgehead atoms. The van der Waals surface area contributed by atoms with Crippen LogP contribution in [0.15, 0.2) is 18.3 Å². The lowest BCUT2D eigenvalue weighted by Gasteiger charge is -2.14. The van der Waals surface area contributed by atoms with E-state index < -0.39 is 0 Å². The molecule has 1 N–H and O–H groups in total. The van der Waals surface area contributed by atoms with Gasteiger partial charge in [0.1, 0.15) is 0 Å². The third-order valence-corrected chi connectivity index (χ3v) is 4.29. The third kappa shape index (κ3) is 3.14. The molecule has 88 valence electrons. The SMILES string of the molecule is CCSC1CCC(Nc2ccnc(C)c2)C1. The Morgan fingerprint density at radius 1 is 1.50 bits per heavy atom. The van der Waals surface area contributed by atoms with Gasteiger partial charge in [0.25, 0.3) is 0 Å². The Balaban J connectivity index is 1.87. The number of anilines is 1. The average molecular weight is 236 g/mol. The van der Waals surface area contributed by atoms with Gasteiger partial charge in [-0.25, -0.2) is 0 Å². The average Bonchev–Trinajstić information content (AvgIpc) is 2.66. The second kappa shape index (κ2) is 5.58. The fourth-order valence-corrected chi connectivity index (χ4v) is 3.47. The summed E-state index contributed by atoms with van der Waals surface area (Å²) in [6.07, 6.45) is 5.85. The van der Waals surface area contributed by atoms with Crippen LogP contribution in [-0.2, 0) is 0 Å². The van der Waals surface area contributed by atoms with E-state index >= 15 is 0 Å². The Bertz CT molecular complexity index is 340. The van der Waals surface area contributed by atoms with Crippen molar-refractivity contribution in [3.8, 4) is 0 Å². The number of nitrogens with one attached hydrogen (secondary N) is 1. The van der Waals surface area contributed by atoms with Gasteiger partial charge in [-0.1, -0.05) is 6.92 Å². The minimum atomic E-state index is 0.658. The van der Waals surface area contributed by atoms with Gasteiger partial charge in [-0.2, -0.15) is 11.8 Å². The van der Waals surface area contributed by atoms with Crippen molar-refractivity contribution in [3.05, 3.63) is 24.0 Å². The van der Waals surface area contributed by atoms with Crippen LogP contribution in [0.1, 0.15) is 31.9 Å². The van der Waals surface area contributed by atoms with Crippen molar-refractivity contribution in [2.75, 3.05) is 11.1 Å². The summed E-state index contributed by atoms with van der Waals surface area (Å²) in [7, 11) is 0. The highest BCUT2D eigenvalue weighted by Gasteiger charge is 2.24. The van der Waals surface area contributed by atoms with Gasteiger partial charge in [-0.15, -0.1) is 0 Å². The van der Waals surface area contributed by atoms with E-state index in [-0.39, 0.29) is 0 Å². The third-order valence-electron chi connectivity index (χ3n) is 3.05. The van der Waals surface area contributed by atoms with Crippen molar-refractivity contribution >= 4 is 17.4 Å². The molecule has 1 aromatic heterocycles. The fraction of sp³-hybridized carbons (Fsp3) is 0.615. The van der Waals surface area contributed by atoms with Gasteiger partial charge in [-0.3, -0.25) is 4.98 Å². The van der Waals surface area contributed by atoms with Gasteiger partial charge in [0.2, 0.25) is 0 Å². The topological polar surface area (TPSA) is 24.9 Å². The molecule has 1 aliphatic carbocycles. The van der Waals surface area contributed by atoms with Crippen LogP contribution in [0.25, 0.3) is 0 Å². The Morgan fingerprint density at radius 3 is 3.12 bits per heavy atom. The molecular weight excluding hydrogens is 216 g/mol. The number of pyridine rings is 1. The monoisotopic (exact) mass is 236 g/mol. The van der Waals surface area contributed by atoms with Crippen LogP contribution in [-0.4, -0.2) is 22.0 Å². The summed E-state index contributed by atoms with van der Waals surface area (Å²) in [6, 6.07) is 4.85. The molecule has 2 unspecified atom stereocenters. The van der Waals surface area contributed by atoms with Crippen LogP contribution >= 0.6 is 11.8 Å². The Kier molecular flexibility index (Phi) is 4.10. The van der Waals surface area contributed by atoms with Gasteiger partial charge in [-0.05, 0) is 44.1 Å². The van der Waals surface area contributed by atoms with Crippen LogP contribution in [0.2, 0.25) is 0 Å². The first-order valence-electron chi connectivity index (χ1n) is 6.08. The van der Waals surface area contributed by atoms with E-state index in [0.29, 0.717) is 6.04 Å². The molecule has 1 saturated carbocycles. The number of nitrogens with zero attached hydrogens (tertiary/aromatic N) is 1. The van der Waals surface area contributed by atoms with Gasteiger partial charge >= 0.3 is 0 Å². The highest BCUT2D eigenvalue weighted by Crippen LogP contribution is 2.31. The maximum absolute atomic E-state index is 4.21. The van der Waals surface area contributed by atoms with E-state index in [9.17, 15) is 0 Å². The number of aryl methyl sites for hydroxylation is 1. The van der Waals surface area contributed by atoms with Crippen molar-refractivity contribution in [3.63, 3.8) is 0 Å². The standard InChI is InChI=1S/C13H20N2S/c1-3-16-13-5-4-11(9-13)15-12-6-7-14-10(2)8-12/h6-8,11,13H,3-5,9H2,1-2H3,(H,14,15). The maximum Gasteiger partial charge on any atom is 0.0393 e. The molecule has 1 fully saturated rings. The van der Waals surface area contributed by atoms with Crippen LogP contribution < -0.4 is 5.32 Å². The fourth-order valence-electron chi connectivity index (χ4n) is 2.33. The van der Waals surface area contributed by atoms with E-state index in [0.717, 1.165) is 10.9 Å². The van der Waals surface area contributed by atoms with Crippen molar-refractivity contribution in [1.29, 1.82) is 0 Å². The number of rotatable bonds is 4. The molecule has 1 aromatic rings. The lowest BCUT2D eigenvalue weighted by molar-refractivity contribution is 0.756. The van der Waals surface area contributed by atoms with Crippen LogP contribution in [0.4, 0.5) is 5.69 Å². The Hall–Kier alpha value is -0.700. The summed E-state index contributed by atoms with van der Waals surface area (Å²) >= 11 is 2.10. The molecule has 16 heavy (non-hydrogen) atoms. The quantitative estimate of drug-likeness (QED) is 0.866. The smallest absolute Gasteiger partial charge is 0.0393 e. The molecule has 0 radical (unpaired) electrons. The Labute approximate surface area is 102 Å². The van der Waals surface area contributed by atoms with Crippen LogP contribution in [0.5, 0.6) is 0 Å². The first-order valence-corrected chi connectivity index (χ1v) is 7.13. The second-order valence-corrected chi connectivity index (χ2v) is 5.99. The first-order chi connectivity index (χ1) is 7.78. The lowest BCUT2D eigenvalue weighted by Crippen LogP contribution is -2.16. The predicted molar refractivity (Wildman–Crippen MR) is 72.2 cm³/mol. The Morgan fingerprint density at radius 2 is 2.38 bits per heavy atom. The van der Waals surface area contributed by atoms with E-state index in [4.69, 9.17) is 0 Å². The number of hydrogen-bond donors (Lipinski definition) is 1. The summed E-state index contributed by atoms with van der Waals surface area (Å²) in [6.45, 7) is 4.28. The molecule has 0 aliphatic heterocycles. The molecule has 1 heterocycles. The van der Waals surface area contributed by atoms with Gasteiger partial charge in [0.15, 0.2) is 0 Å². The zero-order valence-electron chi connectivity index (χ0n) is 10.1. The van der Waals surface area contributed by atoms with E-state index in [1.807, 2.05) is 13.1 Å². The predicted octanol–water partition coefficient (Wildman–Crippen LogP) is 3.48. The van der Waals surface area contributed by atoms with Crippen molar-refractivity contribution < 1.29 is 0 Å². The molecule has 0 saturated heterocycles. The normalized spacial score (nSPS) is 24.6. The lowest BCUT2D eigenvalue weighted by atomic mass is 10.2. The molecule has 0 amide bonds. The zero-order chi connectivity index (χ0) is 11.4. The molecule has 3 heteroatoms. The highest BCUT2D eigenvalue weighted by molar-refractivity contribution is 7.99. The largest absolute Gasteiger partial charge is 0.382 e. The minimum Gasteiger partial charge on any atom is -0.382 e. The molecule has 0 aromatic carbocycles. The second-order valence-electron chi connectivity index (χ2n) is 4.42. The molecule has 2 rings (SSSR count). The maximum atomic E-state index is 4.21. The minimum absolute atomic E-state index is 0.658. The molecular formula is C13H20N2S. The van der Waals surface area contributed by atoms with Crippen molar-refractivity contribution in [1.82, 2.24) is 4.98 Å². The summed E-state index contributed by atoms with van der Waals surface area (Å²) in [5.41, 5.74) is 2.31. The summed E-state index contributed by atoms with van der Waals surface area (Å²) in [5.74, 6) is 1.24. The molecule has 2 nitrogen and oxygen atoms in total. The number of aromatic nitrogens is 1. The molecule has 2 atom stereocenters.